The van der Waals surface area contributed by atoms with Gasteiger partial charge in [-0.05, 0) is 61.6 Å². The molecule has 0 saturated heterocycles. The van der Waals surface area contributed by atoms with Gasteiger partial charge in [-0.2, -0.15) is 0 Å². The molecule has 1 aromatic heterocycles. The summed E-state index contributed by atoms with van der Waals surface area (Å²) in [6.07, 6.45) is 4.02. The van der Waals surface area contributed by atoms with Gasteiger partial charge in [0, 0.05) is 30.9 Å². The Morgan fingerprint density at radius 3 is 2.62 bits per heavy atom. The first-order chi connectivity index (χ1) is 16.5. The zero-order chi connectivity index (χ0) is 23.9. The van der Waals surface area contributed by atoms with Gasteiger partial charge in [0.1, 0.15) is 11.5 Å². The molecular formula is C27H30N2O5. The standard InChI is InChI=1S/C27H30N2O5/c1-18-24(29-27(34-18)21-6-3-2-4-7-21)14-15-33-23-12-10-19(11-13-25(30)31)22(16-23)17-28-26(32)20-8-5-9-20/h2-4,6-7,10,12,16,20H,5,8-9,11,13-15,17H2,1H3,(H,28,32)(H,30,31). The summed E-state index contributed by atoms with van der Waals surface area (Å²) in [6, 6.07) is 15.4. The molecule has 1 amide bonds. The van der Waals surface area contributed by atoms with Crippen LogP contribution >= 0.6 is 0 Å². The van der Waals surface area contributed by atoms with Gasteiger partial charge in [0.05, 0.1) is 12.3 Å². The van der Waals surface area contributed by atoms with Crippen molar-refractivity contribution in [2.75, 3.05) is 6.61 Å². The second kappa shape index (κ2) is 11.0. The number of carboxylic acids is 1. The number of benzene rings is 2. The summed E-state index contributed by atoms with van der Waals surface area (Å²) < 4.78 is 11.8. The van der Waals surface area contributed by atoms with Gasteiger partial charge in [-0.15, -0.1) is 0 Å². The minimum atomic E-state index is -0.845. The van der Waals surface area contributed by atoms with E-state index in [0.29, 0.717) is 37.6 Å². The molecular weight excluding hydrogens is 432 g/mol. The maximum Gasteiger partial charge on any atom is 0.303 e. The summed E-state index contributed by atoms with van der Waals surface area (Å²) in [4.78, 5) is 27.9. The monoisotopic (exact) mass is 462 g/mol. The highest BCUT2D eigenvalue weighted by molar-refractivity contribution is 5.79. The number of nitrogens with one attached hydrogen (secondary N) is 1. The molecule has 1 aliphatic rings. The number of carbonyl (C=O) groups excluding carboxylic acids is 1. The topological polar surface area (TPSA) is 102 Å². The molecule has 1 aliphatic carbocycles. The molecule has 7 nitrogen and oxygen atoms in total. The average molecular weight is 463 g/mol. The Labute approximate surface area is 199 Å². The molecule has 178 valence electrons. The lowest BCUT2D eigenvalue weighted by molar-refractivity contribution is -0.137. The minimum Gasteiger partial charge on any atom is -0.493 e. The van der Waals surface area contributed by atoms with Crippen LogP contribution in [0.1, 0.15) is 48.3 Å². The second-order valence-corrected chi connectivity index (χ2v) is 8.66. The molecule has 0 spiro atoms. The summed E-state index contributed by atoms with van der Waals surface area (Å²) in [6.45, 7) is 2.68. The van der Waals surface area contributed by atoms with Crippen LogP contribution in [0.3, 0.4) is 0 Å². The number of ether oxygens (including phenoxy) is 1. The largest absolute Gasteiger partial charge is 0.493 e. The summed E-state index contributed by atoms with van der Waals surface area (Å²) in [7, 11) is 0. The van der Waals surface area contributed by atoms with Crippen LogP contribution in [0.15, 0.2) is 52.9 Å². The van der Waals surface area contributed by atoms with Crippen LogP contribution in [0.2, 0.25) is 0 Å². The van der Waals surface area contributed by atoms with Gasteiger partial charge in [-0.3, -0.25) is 9.59 Å². The van der Waals surface area contributed by atoms with Crippen molar-refractivity contribution in [2.24, 2.45) is 5.92 Å². The molecule has 2 aromatic carbocycles. The molecule has 0 atom stereocenters. The van der Waals surface area contributed by atoms with Gasteiger partial charge in [-0.25, -0.2) is 4.98 Å². The van der Waals surface area contributed by atoms with E-state index in [-0.39, 0.29) is 18.2 Å². The van der Waals surface area contributed by atoms with E-state index in [0.717, 1.165) is 47.4 Å². The molecule has 1 heterocycles. The zero-order valence-electron chi connectivity index (χ0n) is 19.4. The third-order valence-corrected chi connectivity index (χ3v) is 6.24. The van der Waals surface area contributed by atoms with E-state index in [1.165, 1.54) is 0 Å². The van der Waals surface area contributed by atoms with Crippen LogP contribution in [-0.2, 0) is 29.0 Å². The van der Waals surface area contributed by atoms with Crippen molar-refractivity contribution in [3.63, 3.8) is 0 Å². The summed E-state index contributed by atoms with van der Waals surface area (Å²) >= 11 is 0. The third kappa shape index (κ3) is 6.04. The van der Waals surface area contributed by atoms with Gasteiger partial charge in [0.2, 0.25) is 11.8 Å². The van der Waals surface area contributed by atoms with E-state index in [2.05, 4.69) is 10.3 Å². The molecule has 0 bridgehead atoms. The van der Waals surface area contributed by atoms with Gasteiger partial charge in [0.25, 0.3) is 0 Å². The lowest BCUT2D eigenvalue weighted by Crippen LogP contribution is -2.34. The van der Waals surface area contributed by atoms with Crippen LogP contribution in [0.5, 0.6) is 5.75 Å². The number of rotatable bonds is 11. The Morgan fingerprint density at radius 2 is 1.91 bits per heavy atom. The normalized spacial score (nSPS) is 13.3. The smallest absolute Gasteiger partial charge is 0.303 e. The molecule has 2 N–H and O–H groups in total. The van der Waals surface area contributed by atoms with Crippen molar-refractivity contribution in [3.8, 4) is 17.2 Å². The van der Waals surface area contributed by atoms with E-state index < -0.39 is 5.97 Å². The minimum absolute atomic E-state index is 0.0406. The number of amides is 1. The summed E-state index contributed by atoms with van der Waals surface area (Å²) in [5.41, 5.74) is 3.58. The number of aryl methyl sites for hydroxylation is 2. The number of aliphatic carboxylic acids is 1. The Hall–Kier alpha value is -3.61. The average Bonchev–Trinajstić information content (AvgIpc) is 3.17. The SMILES string of the molecule is Cc1oc(-c2ccccc2)nc1CCOc1ccc(CCC(=O)O)c(CNC(=O)C2CCC2)c1. The molecule has 1 fully saturated rings. The number of aromatic nitrogens is 1. The molecule has 0 radical (unpaired) electrons. The number of carbonyl (C=O) groups is 2. The highest BCUT2D eigenvalue weighted by atomic mass is 16.5. The summed E-state index contributed by atoms with van der Waals surface area (Å²) in [5, 5.41) is 12.1. The Bertz CT molecular complexity index is 1140. The van der Waals surface area contributed by atoms with Gasteiger partial charge in [0.15, 0.2) is 0 Å². The van der Waals surface area contributed by atoms with Crippen molar-refractivity contribution in [3.05, 3.63) is 71.1 Å². The maximum absolute atomic E-state index is 12.3. The third-order valence-electron chi connectivity index (χ3n) is 6.24. The molecule has 4 rings (SSSR count). The van der Waals surface area contributed by atoms with E-state index >= 15 is 0 Å². The Morgan fingerprint density at radius 1 is 1.12 bits per heavy atom. The van der Waals surface area contributed by atoms with Crippen molar-refractivity contribution in [1.82, 2.24) is 10.3 Å². The van der Waals surface area contributed by atoms with E-state index in [4.69, 9.17) is 14.3 Å². The maximum atomic E-state index is 12.3. The highest BCUT2D eigenvalue weighted by Crippen LogP contribution is 2.27. The molecule has 0 unspecified atom stereocenters. The molecule has 1 saturated carbocycles. The van der Waals surface area contributed by atoms with Crippen LogP contribution in [0.4, 0.5) is 0 Å². The first-order valence-corrected chi connectivity index (χ1v) is 11.8. The van der Waals surface area contributed by atoms with E-state index in [1.54, 1.807) is 0 Å². The quantitative estimate of drug-likeness (QED) is 0.428. The predicted octanol–water partition coefficient (Wildman–Crippen LogP) is 4.71. The number of nitrogens with zero attached hydrogens (tertiary/aromatic N) is 1. The van der Waals surface area contributed by atoms with Crippen molar-refractivity contribution < 1.29 is 23.8 Å². The fourth-order valence-electron chi connectivity index (χ4n) is 3.97. The molecule has 7 heteroatoms. The second-order valence-electron chi connectivity index (χ2n) is 8.66. The fourth-order valence-corrected chi connectivity index (χ4v) is 3.97. The van der Waals surface area contributed by atoms with Crippen LogP contribution in [-0.4, -0.2) is 28.6 Å². The number of carboxylic acid groups (broad SMARTS) is 1. The lowest BCUT2D eigenvalue weighted by Gasteiger charge is -2.24. The van der Waals surface area contributed by atoms with E-state index in [9.17, 15) is 9.59 Å². The number of oxazole rings is 1. The highest BCUT2D eigenvalue weighted by Gasteiger charge is 2.25. The first-order valence-electron chi connectivity index (χ1n) is 11.8. The van der Waals surface area contributed by atoms with Gasteiger partial charge < -0.3 is 19.6 Å². The Kier molecular flexibility index (Phi) is 7.62. The number of hydrogen-bond donors (Lipinski definition) is 2. The molecule has 0 aliphatic heterocycles. The lowest BCUT2D eigenvalue weighted by atomic mass is 9.85. The number of hydrogen-bond acceptors (Lipinski definition) is 5. The van der Waals surface area contributed by atoms with Gasteiger partial charge >= 0.3 is 5.97 Å². The molecule has 34 heavy (non-hydrogen) atoms. The van der Waals surface area contributed by atoms with Crippen molar-refractivity contribution >= 4 is 11.9 Å². The van der Waals surface area contributed by atoms with Crippen LogP contribution < -0.4 is 10.1 Å². The van der Waals surface area contributed by atoms with E-state index in [1.807, 2.05) is 55.5 Å². The fraction of sp³-hybridized carbons (Fsp3) is 0.370. The Balaban J connectivity index is 1.38. The first kappa shape index (κ1) is 23.5. The zero-order valence-corrected chi connectivity index (χ0v) is 19.4. The van der Waals surface area contributed by atoms with Crippen molar-refractivity contribution in [1.29, 1.82) is 0 Å². The van der Waals surface area contributed by atoms with Crippen LogP contribution in [0.25, 0.3) is 11.5 Å². The summed E-state index contributed by atoms with van der Waals surface area (Å²) in [5.74, 6) is 1.37. The van der Waals surface area contributed by atoms with Crippen molar-refractivity contribution in [2.45, 2.75) is 52.0 Å². The predicted molar refractivity (Wildman–Crippen MR) is 127 cm³/mol. The van der Waals surface area contributed by atoms with Crippen LogP contribution in [0, 0.1) is 12.8 Å². The molecule has 3 aromatic rings. The van der Waals surface area contributed by atoms with Gasteiger partial charge in [-0.1, -0.05) is 30.7 Å².